The molecule has 0 radical (unpaired) electrons. The van der Waals surface area contributed by atoms with E-state index < -0.39 is 0 Å². The van der Waals surface area contributed by atoms with Crippen molar-refractivity contribution in [3.63, 3.8) is 0 Å². The van der Waals surface area contributed by atoms with Crippen molar-refractivity contribution in [1.82, 2.24) is 4.90 Å². The molecule has 2 aliphatic rings. The minimum absolute atomic E-state index is 0.0218. The molecule has 0 spiro atoms. The topological polar surface area (TPSA) is 41.9 Å². The van der Waals surface area contributed by atoms with Gasteiger partial charge >= 0.3 is 0 Å². The van der Waals surface area contributed by atoms with Gasteiger partial charge in [-0.3, -0.25) is 4.79 Å². The third-order valence-electron chi connectivity index (χ3n) is 5.59. The summed E-state index contributed by atoms with van der Waals surface area (Å²) in [6.07, 6.45) is 4.13. The van der Waals surface area contributed by atoms with Crippen LogP contribution in [0.4, 0.5) is 8.78 Å². The van der Waals surface area contributed by atoms with Crippen LogP contribution in [0.25, 0.3) is 0 Å². The molecule has 2 aromatic carbocycles. The summed E-state index contributed by atoms with van der Waals surface area (Å²) in [5, 5.41) is 4.11. The fourth-order valence-electron chi connectivity index (χ4n) is 4.13. The zero-order chi connectivity index (χ0) is 20.2. The summed E-state index contributed by atoms with van der Waals surface area (Å²) in [5.41, 5.74) is 2.11. The van der Waals surface area contributed by atoms with Crippen molar-refractivity contribution in [3.8, 4) is 0 Å². The van der Waals surface area contributed by atoms with E-state index in [1.807, 2.05) is 6.07 Å². The number of carbonyl (C=O) groups is 1. The average molecular weight is 398 g/mol. The van der Waals surface area contributed by atoms with Crippen molar-refractivity contribution < 1.29 is 18.4 Å². The van der Waals surface area contributed by atoms with Gasteiger partial charge in [-0.25, -0.2) is 8.78 Å². The molecule has 1 heterocycles. The fraction of sp³-hybridized carbons (Fsp3) is 0.391. The third-order valence-corrected chi connectivity index (χ3v) is 5.59. The highest BCUT2D eigenvalue weighted by Crippen LogP contribution is 2.28. The molecule has 29 heavy (non-hydrogen) atoms. The third kappa shape index (κ3) is 4.81. The van der Waals surface area contributed by atoms with E-state index in [-0.39, 0.29) is 29.6 Å². The van der Waals surface area contributed by atoms with Crippen LogP contribution in [0.1, 0.15) is 43.2 Å². The highest BCUT2D eigenvalue weighted by atomic mass is 19.1. The number of halogens is 2. The Morgan fingerprint density at radius 2 is 1.79 bits per heavy atom. The first-order valence-electron chi connectivity index (χ1n) is 10.1. The Hall–Kier alpha value is -2.76. The minimum Gasteiger partial charge on any atom is -0.390 e. The fourth-order valence-corrected chi connectivity index (χ4v) is 4.13. The molecule has 0 bridgehead atoms. The highest BCUT2D eigenvalue weighted by molar-refractivity contribution is 6.01. The van der Waals surface area contributed by atoms with E-state index in [1.165, 1.54) is 24.3 Å². The van der Waals surface area contributed by atoms with Crippen molar-refractivity contribution in [2.75, 3.05) is 6.54 Å². The van der Waals surface area contributed by atoms with Crippen LogP contribution in [0.5, 0.6) is 0 Å². The van der Waals surface area contributed by atoms with Gasteiger partial charge in [0, 0.05) is 24.4 Å². The number of nitrogens with zero attached hydrogens (tertiary/aromatic N) is 2. The lowest BCUT2D eigenvalue weighted by molar-refractivity contribution is -0.137. The highest BCUT2D eigenvalue weighted by Gasteiger charge is 2.31. The predicted molar refractivity (Wildman–Crippen MR) is 106 cm³/mol. The molecule has 1 atom stereocenters. The Morgan fingerprint density at radius 3 is 2.52 bits per heavy atom. The Morgan fingerprint density at radius 1 is 1.07 bits per heavy atom. The Bertz CT molecular complexity index is 909. The molecule has 1 saturated carbocycles. The van der Waals surface area contributed by atoms with Crippen LogP contribution in [0.3, 0.4) is 0 Å². The molecule has 2 aromatic rings. The SMILES string of the molecule is O=C(C1CCCC1)N(Cc1cccc(F)c1)C[C@@H]1CC(c2cccc(F)c2)=NO1. The van der Waals surface area contributed by atoms with Crippen LogP contribution in [0, 0.1) is 17.6 Å². The number of benzene rings is 2. The minimum atomic E-state index is -0.321. The monoisotopic (exact) mass is 398 g/mol. The zero-order valence-electron chi connectivity index (χ0n) is 16.2. The van der Waals surface area contributed by atoms with E-state index in [4.69, 9.17) is 4.84 Å². The smallest absolute Gasteiger partial charge is 0.226 e. The van der Waals surface area contributed by atoms with Crippen molar-refractivity contribution in [2.45, 2.75) is 44.8 Å². The molecule has 4 rings (SSSR count). The summed E-state index contributed by atoms with van der Waals surface area (Å²) in [4.78, 5) is 20.4. The first kappa shape index (κ1) is 19.6. The molecule has 1 aliphatic heterocycles. The quantitative estimate of drug-likeness (QED) is 0.709. The van der Waals surface area contributed by atoms with Crippen molar-refractivity contribution in [1.29, 1.82) is 0 Å². The average Bonchev–Trinajstić information content (AvgIpc) is 3.39. The van der Waals surface area contributed by atoms with Crippen molar-refractivity contribution in [3.05, 3.63) is 71.3 Å². The number of hydrogen-bond donors (Lipinski definition) is 0. The van der Waals surface area contributed by atoms with Crippen molar-refractivity contribution >= 4 is 11.6 Å². The summed E-state index contributed by atoms with van der Waals surface area (Å²) in [7, 11) is 0. The second-order valence-corrected chi connectivity index (χ2v) is 7.81. The number of hydrogen-bond acceptors (Lipinski definition) is 3. The Balaban J connectivity index is 1.46. The van der Waals surface area contributed by atoms with E-state index in [0.29, 0.717) is 30.8 Å². The van der Waals surface area contributed by atoms with Gasteiger partial charge in [0.15, 0.2) is 6.10 Å². The molecule has 152 valence electrons. The number of carbonyl (C=O) groups excluding carboxylic acids is 1. The molecule has 0 unspecified atom stereocenters. The lowest BCUT2D eigenvalue weighted by atomic mass is 10.0. The van der Waals surface area contributed by atoms with Crippen LogP contribution in [-0.4, -0.2) is 29.2 Å². The van der Waals surface area contributed by atoms with Crippen LogP contribution in [0.15, 0.2) is 53.7 Å². The van der Waals surface area contributed by atoms with E-state index >= 15 is 0 Å². The van der Waals surface area contributed by atoms with Gasteiger partial charge in [0.1, 0.15) is 11.6 Å². The maximum atomic E-state index is 13.6. The number of amides is 1. The van der Waals surface area contributed by atoms with Gasteiger partial charge in [-0.1, -0.05) is 42.3 Å². The maximum Gasteiger partial charge on any atom is 0.226 e. The zero-order valence-corrected chi connectivity index (χ0v) is 16.2. The number of oxime groups is 1. The summed E-state index contributed by atoms with van der Waals surface area (Å²) in [6, 6.07) is 12.6. The summed E-state index contributed by atoms with van der Waals surface area (Å²) < 4.78 is 27.1. The summed E-state index contributed by atoms with van der Waals surface area (Å²) >= 11 is 0. The van der Waals surface area contributed by atoms with E-state index in [0.717, 1.165) is 31.2 Å². The largest absolute Gasteiger partial charge is 0.390 e. The van der Waals surface area contributed by atoms with Gasteiger partial charge in [-0.2, -0.15) is 0 Å². The summed E-state index contributed by atoms with van der Waals surface area (Å²) in [5.74, 6) is -0.523. The molecule has 1 amide bonds. The molecule has 0 saturated heterocycles. The molecule has 4 nitrogen and oxygen atoms in total. The van der Waals surface area contributed by atoms with Crippen LogP contribution in [0.2, 0.25) is 0 Å². The lowest BCUT2D eigenvalue weighted by Crippen LogP contribution is -2.40. The van der Waals surface area contributed by atoms with Crippen LogP contribution >= 0.6 is 0 Å². The van der Waals surface area contributed by atoms with Crippen molar-refractivity contribution in [2.24, 2.45) is 11.1 Å². The normalized spacial score (nSPS) is 19.1. The van der Waals surface area contributed by atoms with Crippen LogP contribution in [-0.2, 0) is 16.2 Å². The molecular weight excluding hydrogens is 374 g/mol. The standard InChI is InChI=1S/C23H24F2N2O2/c24-19-9-3-5-16(11-19)14-27(23(28)17-6-1-2-7-17)15-21-13-22(26-29-21)18-8-4-10-20(25)12-18/h3-5,8-12,17,21H,1-2,6-7,13-15H2/t21-/m0/s1. The summed E-state index contributed by atoms with van der Waals surface area (Å²) in [6.45, 7) is 0.705. The van der Waals surface area contributed by atoms with Gasteiger partial charge in [0.25, 0.3) is 0 Å². The number of rotatable bonds is 6. The van der Waals surface area contributed by atoms with E-state index in [1.54, 1.807) is 23.1 Å². The lowest BCUT2D eigenvalue weighted by Gasteiger charge is -2.27. The predicted octanol–water partition coefficient (Wildman–Crippen LogP) is 4.68. The van der Waals surface area contributed by atoms with Gasteiger partial charge < -0.3 is 9.74 Å². The first-order chi connectivity index (χ1) is 14.1. The Kier molecular flexibility index (Phi) is 5.88. The molecule has 1 fully saturated rings. The molecular formula is C23H24F2N2O2. The maximum absolute atomic E-state index is 13.6. The first-order valence-corrected chi connectivity index (χ1v) is 10.1. The van der Waals surface area contributed by atoms with Gasteiger partial charge in [-0.05, 0) is 42.7 Å². The van der Waals surface area contributed by atoms with Gasteiger partial charge in [0.05, 0.1) is 12.3 Å². The Labute approximate surface area is 169 Å². The van der Waals surface area contributed by atoms with Gasteiger partial charge in [0.2, 0.25) is 5.91 Å². The van der Waals surface area contributed by atoms with Crippen LogP contribution < -0.4 is 0 Å². The van der Waals surface area contributed by atoms with Gasteiger partial charge in [-0.15, -0.1) is 0 Å². The molecule has 0 aromatic heterocycles. The molecule has 6 heteroatoms. The van der Waals surface area contributed by atoms with E-state index in [9.17, 15) is 13.6 Å². The van der Waals surface area contributed by atoms with E-state index in [2.05, 4.69) is 5.16 Å². The second-order valence-electron chi connectivity index (χ2n) is 7.81. The second kappa shape index (κ2) is 8.72. The molecule has 1 aliphatic carbocycles. The molecule has 0 N–H and O–H groups in total.